The molecule has 1 aliphatic heterocycles. The molecule has 0 N–H and O–H groups in total. The van der Waals surface area contributed by atoms with Crippen molar-refractivity contribution in [2.75, 3.05) is 20.8 Å². The number of carbonyl (C=O) groups is 2. The minimum atomic E-state index is -0.368. The Morgan fingerprint density at radius 1 is 0.962 bits per heavy atom. The molecule has 0 radical (unpaired) electrons. The van der Waals surface area contributed by atoms with Gasteiger partial charge >= 0.3 is 11.9 Å². The first kappa shape index (κ1) is 17.9. The molecule has 0 amide bonds. The molecule has 0 unspecified atom stereocenters. The monoisotopic (exact) mass is 351 g/mol. The van der Waals surface area contributed by atoms with Gasteiger partial charge in [-0.2, -0.15) is 0 Å². The molecule has 0 aromatic heterocycles. The van der Waals surface area contributed by atoms with Gasteiger partial charge in [-0.3, -0.25) is 4.90 Å². The summed E-state index contributed by atoms with van der Waals surface area (Å²) in [5.41, 5.74) is 4.72. The second-order valence-corrected chi connectivity index (χ2v) is 6.10. The topological polar surface area (TPSA) is 55.8 Å². The van der Waals surface area contributed by atoms with Gasteiger partial charge in [0.15, 0.2) is 0 Å². The summed E-state index contributed by atoms with van der Waals surface area (Å²) in [5.74, 6) is -0.735. The second kappa shape index (κ2) is 7.54. The minimum absolute atomic E-state index is 0.368. The maximum Gasteiger partial charge on any atom is 0.338 e. The summed E-state index contributed by atoms with van der Waals surface area (Å²) in [6, 6.07) is 11.2. The first-order valence-electron chi connectivity index (χ1n) is 8.34. The molecule has 3 rings (SSSR count). The van der Waals surface area contributed by atoms with E-state index in [1.54, 1.807) is 12.1 Å². The van der Waals surface area contributed by atoms with Crippen molar-refractivity contribution in [1.82, 2.24) is 4.90 Å². The summed E-state index contributed by atoms with van der Waals surface area (Å²) < 4.78 is 9.91. The number of hydrogen-bond acceptors (Lipinski definition) is 5. The summed E-state index contributed by atoms with van der Waals surface area (Å²) >= 11 is 0. The lowest BCUT2D eigenvalue weighted by atomic mass is 9.91. The van der Waals surface area contributed by atoms with Crippen LogP contribution >= 0.6 is 0 Å². The zero-order chi connectivity index (χ0) is 18.7. The standard InChI is InChI=1S/C21H21NO4/c1-4-11-22-12-18-14(7-5-9-16(18)20(23)25-2)15-8-6-10-17(19(15)13-22)21(24)26-3/h4-10H,1,11-13H2,2-3H3. The molecule has 0 bridgehead atoms. The van der Waals surface area contributed by atoms with Crippen molar-refractivity contribution >= 4 is 11.9 Å². The minimum Gasteiger partial charge on any atom is -0.465 e. The highest BCUT2D eigenvalue weighted by molar-refractivity contribution is 5.96. The molecule has 2 aromatic carbocycles. The summed E-state index contributed by atoms with van der Waals surface area (Å²) in [6.07, 6.45) is 1.81. The molecule has 0 saturated heterocycles. The quantitative estimate of drug-likeness (QED) is 0.624. The van der Waals surface area contributed by atoms with Gasteiger partial charge in [0, 0.05) is 19.6 Å². The summed E-state index contributed by atoms with van der Waals surface area (Å²) in [7, 11) is 2.76. The number of methoxy groups -OCH3 is 2. The zero-order valence-corrected chi connectivity index (χ0v) is 15.0. The molecule has 1 heterocycles. The van der Waals surface area contributed by atoms with Crippen molar-refractivity contribution < 1.29 is 19.1 Å². The molecular formula is C21H21NO4. The first-order valence-corrected chi connectivity index (χ1v) is 8.34. The fraction of sp³-hybridized carbons (Fsp3) is 0.238. The fourth-order valence-electron chi connectivity index (χ4n) is 3.44. The van der Waals surface area contributed by atoms with Gasteiger partial charge in [-0.25, -0.2) is 9.59 Å². The van der Waals surface area contributed by atoms with E-state index in [2.05, 4.69) is 11.5 Å². The van der Waals surface area contributed by atoms with Gasteiger partial charge in [0.05, 0.1) is 25.3 Å². The third kappa shape index (κ3) is 3.13. The third-order valence-corrected chi connectivity index (χ3v) is 4.60. The molecule has 0 fully saturated rings. The summed E-state index contributed by atoms with van der Waals surface area (Å²) in [6.45, 7) is 5.56. The van der Waals surface area contributed by atoms with Crippen LogP contribution < -0.4 is 0 Å². The molecule has 0 atom stereocenters. The van der Waals surface area contributed by atoms with Crippen molar-refractivity contribution in [1.29, 1.82) is 0 Å². The zero-order valence-electron chi connectivity index (χ0n) is 15.0. The number of rotatable bonds is 4. The van der Waals surface area contributed by atoms with Crippen LogP contribution in [0.5, 0.6) is 0 Å². The molecule has 2 aromatic rings. The van der Waals surface area contributed by atoms with Gasteiger partial charge in [-0.15, -0.1) is 6.58 Å². The largest absolute Gasteiger partial charge is 0.465 e. The van der Waals surface area contributed by atoms with E-state index in [0.29, 0.717) is 30.8 Å². The summed E-state index contributed by atoms with van der Waals surface area (Å²) in [4.78, 5) is 26.7. The van der Waals surface area contributed by atoms with E-state index in [4.69, 9.17) is 9.47 Å². The number of carbonyl (C=O) groups excluding carboxylic acids is 2. The number of esters is 2. The molecule has 5 nitrogen and oxygen atoms in total. The van der Waals surface area contributed by atoms with Gasteiger partial charge < -0.3 is 9.47 Å². The molecule has 1 aliphatic rings. The van der Waals surface area contributed by atoms with Gasteiger partial charge in [-0.05, 0) is 34.4 Å². The maximum absolute atomic E-state index is 12.3. The van der Waals surface area contributed by atoms with E-state index in [9.17, 15) is 9.59 Å². The highest BCUT2D eigenvalue weighted by Crippen LogP contribution is 2.36. The van der Waals surface area contributed by atoms with Crippen LogP contribution in [0.2, 0.25) is 0 Å². The smallest absolute Gasteiger partial charge is 0.338 e. The molecule has 26 heavy (non-hydrogen) atoms. The van der Waals surface area contributed by atoms with Crippen molar-refractivity contribution in [2.45, 2.75) is 13.1 Å². The Kier molecular flexibility index (Phi) is 5.19. The number of benzene rings is 2. The van der Waals surface area contributed by atoms with Crippen LogP contribution in [-0.4, -0.2) is 37.6 Å². The lowest BCUT2D eigenvalue weighted by molar-refractivity contribution is 0.0590. The Bertz CT molecular complexity index is 805. The first-order chi connectivity index (χ1) is 12.6. The van der Waals surface area contributed by atoms with E-state index in [0.717, 1.165) is 22.3 Å². The van der Waals surface area contributed by atoms with E-state index >= 15 is 0 Å². The molecular weight excluding hydrogens is 330 g/mol. The molecule has 0 saturated carbocycles. The number of hydrogen-bond donors (Lipinski definition) is 0. The van der Waals surface area contributed by atoms with E-state index in [-0.39, 0.29) is 11.9 Å². The Labute approximate surface area is 152 Å². The summed E-state index contributed by atoms with van der Waals surface area (Å²) in [5, 5.41) is 0. The lowest BCUT2D eigenvalue weighted by Gasteiger charge is -2.20. The van der Waals surface area contributed by atoms with Crippen LogP contribution in [-0.2, 0) is 22.6 Å². The van der Waals surface area contributed by atoms with Crippen LogP contribution in [0.4, 0.5) is 0 Å². The Balaban J connectivity index is 2.27. The second-order valence-electron chi connectivity index (χ2n) is 6.10. The van der Waals surface area contributed by atoms with Gasteiger partial charge in [0.25, 0.3) is 0 Å². The van der Waals surface area contributed by atoms with Crippen LogP contribution in [0.3, 0.4) is 0 Å². The SMILES string of the molecule is C=CCN1Cc2c(C(=O)OC)cccc2-c2cccc(C(=O)OC)c2C1. The third-order valence-electron chi connectivity index (χ3n) is 4.60. The van der Waals surface area contributed by atoms with Crippen molar-refractivity contribution in [3.05, 3.63) is 71.3 Å². The van der Waals surface area contributed by atoms with Gasteiger partial charge in [0.1, 0.15) is 0 Å². The normalized spacial score (nSPS) is 13.2. The molecule has 0 spiro atoms. The van der Waals surface area contributed by atoms with E-state index in [1.807, 2.05) is 30.3 Å². The lowest BCUT2D eigenvalue weighted by Crippen LogP contribution is -2.24. The number of fused-ring (bicyclic) bond motifs is 3. The van der Waals surface area contributed by atoms with Crippen LogP contribution in [0.1, 0.15) is 31.8 Å². The Morgan fingerprint density at radius 2 is 1.42 bits per heavy atom. The van der Waals surface area contributed by atoms with Gasteiger partial charge in [-0.1, -0.05) is 30.3 Å². The molecule has 134 valence electrons. The van der Waals surface area contributed by atoms with Gasteiger partial charge in [0.2, 0.25) is 0 Å². The van der Waals surface area contributed by atoms with E-state index in [1.165, 1.54) is 14.2 Å². The van der Waals surface area contributed by atoms with Crippen LogP contribution in [0.15, 0.2) is 49.1 Å². The highest BCUT2D eigenvalue weighted by atomic mass is 16.5. The fourth-order valence-corrected chi connectivity index (χ4v) is 3.44. The molecule has 0 aliphatic carbocycles. The Hall–Kier alpha value is -2.92. The van der Waals surface area contributed by atoms with Crippen molar-refractivity contribution in [3.8, 4) is 11.1 Å². The number of nitrogens with zero attached hydrogens (tertiary/aromatic N) is 1. The van der Waals surface area contributed by atoms with Crippen molar-refractivity contribution in [2.24, 2.45) is 0 Å². The van der Waals surface area contributed by atoms with Crippen LogP contribution in [0, 0.1) is 0 Å². The Morgan fingerprint density at radius 3 is 1.81 bits per heavy atom. The average molecular weight is 351 g/mol. The molecule has 5 heteroatoms. The van der Waals surface area contributed by atoms with Crippen LogP contribution in [0.25, 0.3) is 11.1 Å². The number of ether oxygens (including phenoxy) is 2. The van der Waals surface area contributed by atoms with Crippen molar-refractivity contribution in [3.63, 3.8) is 0 Å². The van der Waals surface area contributed by atoms with E-state index < -0.39 is 0 Å². The maximum atomic E-state index is 12.3. The average Bonchev–Trinajstić information content (AvgIpc) is 2.83. The predicted molar refractivity (Wildman–Crippen MR) is 98.9 cm³/mol. The highest BCUT2D eigenvalue weighted by Gasteiger charge is 2.26. The predicted octanol–water partition coefficient (Wildman–Crippen LogP) is 3.43.